The summed E-state index contributed by atoms with van der Waals surface area (Å²) < 4.78 is 5.23. The fourth-order valence-corrected chi connectivity index (χ4v) is 4.75. The third kappa shape index (κ3) is 6.17. The van der Waals surface area contributed by atoms with Crippen molar-refractivity contribution in [2.24, 2.45) is 0 Å². The van der Waals surface area contributed by atoms with Gasteiger partial charge in [-0.2, -0.15) is 0 Å². The molecule has 0 saturated carbocycles. The van der Waals surface area contributed by atoms with Crippen molar-refractivity contribution in [3.8, 4) is 22.4 Å². The molecule has 0 aliphatic heterocycles. The molecule has 0 unspecified atom stereocenters. The zero-order valence-corrected chi connectivity index (χ0v) is 21.9. The first kappa shape index (κ1) is 25.8. The van der Waals surface area contributed by atoms with Crippen LogP contribution in [0.4, 0.5) is 5.13 Å². The van der Waals surface area contributed by atoms with Crippen molar-refractivity contribution >= 4 is 34.1 Å². The number of aromatic nitrogens is 1. The van der Waals surface area contributed by atoms with E-state index in [-0.39, 0.29) is 16.9 Å². The van der Waals surface area contributed by atoms with Gasteiger partial charge in [-0.05, 0) is 24.1 Å². The van der Waals surface area contributed by atoms with E-state index in [4.69, 9.17) is 4.74 Å². The number of aryl methyl sites for hydroxylation is 1. The van der Waals surface area contributed by atoms with Crippen molar-refractivity contribution in [3.63, 3.8) is 0 Å². The van der Waals surface area contributed by atoms with Crippen LogP contribution in [-0.2, 0) is 9.53 Å². The third-order valence-corrected chi connectivity index (χ3v) is 6.84. The molecule has 5 rings (SSSR count). The summed E-state index contributed by atoms with van der Waals surface area (Å²) >= 11 is 1.28. The third-order valence-electron chi connectivity index (χ3n) is 6.08. The highest BCUT2D eigenvalue weighted by Crippen LogP contribution is 2.27. The van der Waals surface area contributed by atoms with Gasteiger partial charge in [-0.25, -0.2) is 9.78 Å². The van der Waals surface area contributed by atoms with Gasteiger partial charge in [0.25, 0.3) is 5.91 Å². The number of anilines is 1. The number of nitrogens with one attached hydrogen (secondary N) is 1. The molecule has 0 aliphatic rings. The summed E-state index contributed by atoms with van der Waals surface area (Å²) in [5.41, 5.74) is 5.70. The zero-order chi connectivity index (χ0) is 27.2. The molecule has 0 bridgehead atoms. The molecule has 0 radical (unpaired) electrons. The van der Waals surface area contributed by atoms with Gasteiger partial charge in [0.05, 0.1) is 11.3 Å². The number of carbonyl (C=O) groups excluding carboxylic acids is 3. The minimum Gasteiger partial charge on any atom is -0.452 e. The second kappa shape index (κ2) is 11.7. The van der Waals surface area contributed by atoms with Crippen molar-refractivity contribution in [3.05, 3.63) is 131 Å². The largest absolute Gasteiger partial charge is 0.452 e. The SMILES string of the molecule is Cc1ccc(C(=O)c2ccccc2C(=O)OCC(=O)Nc2nc(-c3ccc(-c4ccccc4)cc3)cs2)cc1. The normalized spacial score (nSPS) is 10.6. The molecule has 39 heavy (non-hydrogen) atoms. The van der Waals surface area contributed by atoms with Gasteiger partial charge < -0.3 is 4.74 Å². The van der Waals surface area contributed by atoms with E-state index in [1.807, 2.05) is 66.9 Å². The highest BCUT2D eigenvalue weighted by atomic mass is 32.1. The van der Waals surface area contributed by atoms with Crippen LogP contribution in [0.15, 0.2) is 109 Å². The quantitative estimate of drug-likeness (QED) is 0.175. The lowest BCUT2D eigenvalue weighted by Crippen LogP contribution is -2.22. The van der Waals surface area contributed by atoms with Crippen LogP contribution in [0, 0.1) is 6.92 Å². The molecule has 0 fully saturated rings. The van der Waals surface area contributed by atoms with E-state index in [0.717, 1.165) is 27.9 Å². The average Bonchev–Trinajstić information content (AvgIpc) is 3.45. The van der Waals surface area contributed by atoms with Crippen LogP contribution < -0.4 is 5.32 Å². The number of hydrogen-bond acceptors (Lipinski definition) is 6. The zero-order valence-electron chi connectivity index (χ0n) is 21.1. The van der Waals surface area contributed by atoms with E-state index < -0.39 is 18.5 Å². The summed E-state index contributed by atoms with van der Waals surface area (Å²) in [6, 6.07) is 31.6. The van der Waals surface area contributed by atoms with E-state index in [2.05, 4.69) is 22.4 Å². The summed E-state index contributed by atoms with van der Waals surface area (Å²) in [7, 11) is 0. The van der Waals surface area contributed by atoms with Crippen LogP contribution in [0.2, 0.25) is 0 Å². The Morgan fingerprint density at radius 2 is 1.36 bits per heavy atom. The molecule has 1 N–H and O–H groups in total. The molecule has 5 aromatic rings. The average molecular weight is 533 g/mol. The van der Waals surface area contributed by atoms with Crippen molar-refractivity contribution in [2.45, 2.75) is 6.92 Å². The second-order valence-electron chi connectivity index (χ2n) is 8.85. The van der Waals surface area contributed by atoms with Gasteiger partial charge in [0, 0.05) is 22.1 Å². The second-order valence-corrected chi connectivity index (χ2v) is 9.70. The van der Waals surface area contributed by atoms with Crippen molar-refractivity contribution in [1.82, 2.24) is 4.98 Å². The lowest BCUT2D eigenvalue weighted by molar-refractivity contribution is -0.119. The molecule has 0 spiro atoms. The number of amides is 1. The maximum atomic E-state index is 13.0. The molecule has 7 heteroatoms. The minimum absolute atomic E-state index is 0.103. The first-order chi connectivity index (χ1) is 19.0. The Labute approximate surface area is 229 Å². The van der Waals surface area contributed by atoms with Crippen molar-refractivity contribution in [2.75, 3.05) is 11.9 Å². The summed E-state index contributed by atoms with van der Waals surface area (Å²) in [5, 5.41) is 4.92. The van der Waals surface area contributed by atoms with Crippen molar-refractivity contribution < 1.29 is 19.1 Å². The van der Waals surface area contributed by atoms with Gasteiger partial charge in [0.15, 0.2) is 17.5 Å². The Balaban J connectivity index is 1.19. The molecule has 0 saturated heterocycles. The summed E-state index contributed by atoms with van der Waals surface area (Å²) in [6.07, 6.45) is 0. The van der Waals surface area contributed by atoms with Crippen LogP contribution in [0.5, 0.6) is 0 Å². The molecule has 0 aliphatic carbocycles. The van der Waals surface area contributed by atoms with E-state index >= 15 is 0 Å². The summed E-state index contributed by atoms with van der Waals surface area (Å²) in [6.45, 7) is 1.42. The Kier molecular flexibility index (Phi) is 7.70. The summed E-state index contributed by atoms with van der Waals surface area (Å²) in [4.78, 5) is 42.7. The number of hydrogen-bond donors (Lipinski definition) is 1. The smallest absolute Gasteiger partial charge is 0.339 e. The number of rotatable bonds is 8. The van der Waals surface area contributed by atoms with E-state index in [9.17, 15) is 14.4 Å². The Bertz CT molecular complexity index is 1630. The van der Waals surface area contributed by atoms with Gasteiger partial charge in [-0.15, -0.1) is 11.3 Å². The Morgan fingerprint density at radius 1 is 0.744 bits per heavy atom. The van der Waals surface area contributed by atoms with Gasteiger partial charge in [-0.1, -0.05) is 103 Å². The van der Waals surface area contributed by atoms with Gasteiger partial charge in [0.2, 0.25) is 0 Å². The number of carbonyl (C=O) groups is 3. The van der Waals surface area contributed by atoms with E-state index in [1.54, 1.807) is 30.3 Å². The number of nitrogens with zero attached hydrogens (tertiary/aromatic N) is 1. The monoisotopic (exact) mass is 532 g/mol. The predicted octanol–water partition coefficient (Wildman–Crippen LogP) is 6.81. The van der Waals surface area contributed by atoms with Crippen LogP contribution in [-0.4, -0.2) is 29.3 Å². The predicted molar refractivity (Wildman–Crippen MR) is 153 cm³/mol. The van der Waals surface area contributed by atoms with Gasteiger partial charge in [0.1, 0.15) is 0 Å². The Hall–Kier alpha value is -4.88. The minimum atomic E-state index is -0.750. The number of thiazole rings is 1. The van der Waals surface area contributed by atoms with Gasteiger partial charge in [-0.3, -0.25) is 14.9 Å². The lowest BCUT2D eigenvalue weighted by Gasteiger charge is -2.09. The number of benzene rings is 4. The van der Waals surface area contributed by atoms with Crippen molar-refractivity contribution in [1.29, 1.82) is 0 Å². The Morgan fingerprint density at radius 3 is 2.08 bits per heavy atom. The molecule has 4 aromatic carbocycles. The van der Waals surface area contributed by atoms with Gasteiger partial charge >= 0.3 is 5.97 Å². The van der Waals surface area contributed by atoms with E-state index in [1.165, 1.54) is 17.4 Å². The molecule has 1 amide bonds. The fraction of sp³-hybridized carbons (Fsp3) is 0.0625. The molecule has 1 aromatic heterocycles. The number of ketones is 1. The van der Waals surface area contributed by atoms with Crippen LogP contribution >= 0.6 is 11.3 Å². The molecule has 1 heterocycles. The van der Waals surface area contributed by atoms with Crippen LogP contribution in [0.25, 0.3) is 22.4 Å². The first-order valence-electron chi connectivity index (χ1n) is 12.3. The number of esters is 1. The highest BCUT2D eigenvalue weighted by Gasteiger charge is 2.20. The molecular formula is C32H24N2O4S. The maximum absolute atomic E-state index is 13.0. The molecule has 192 valence electrons. The van der Waals surface area contributed by atoms with Crippen LogP contribution in [0.3, 0.4) is 0 Å². The lowest BCUT2D eigenvalue weighted by atomic mass is 9.98. The molecular weight excluding hydrogens is 508 g/mol. The summed E-state index contributed by atoms with van der Waals surface area (Å²) in [5.74, 6) is -1.57. The first-order valence-corrected chi connectivity index (χ1v) is 13.1. The highest BCUT2D eigenvalue weighted by molar-refractivity contribution is 7.14. The number of ether oxygens (including phenoxy) is 1. The standard InChI is InChI=1S/C32H24N2O4S/c1-21-11-13-25(14-12-21)30(36)26-9-5-6-10-27(26)31(37)38-19-29(35)34-32-33-28(20-39-32)24-17-15-23(16-18-24)22-7-3-2-4-8-22/h2-18,20H,19H2,1H3,(H,33,34,35). The molecule has 0 atom stereocenters. The van der Waals surface area contributed by atoms with Crippen LogP contribution in [0.1, 0.15) is 31.8 Å². The molecule has 6 nitrogen and oxygen atoms in total. The maximum Gasteiger partial charge on any atom is 0.339 e. The fourth-order valence-electron chi connectivity index (χ4n) is 4.01. The topological polar surface area (TPSA) is 85.4 Å². The van der Waals surface area contributed by atoms with E-state index in [0.29, 0.717) is 10.7 Å².